The van der Waals surface area contributed by atoms with Crippen LogP contribution in [0.25, 0.3) is 0 Å². The average molecular weight is 640 g/mol. The minimum absolute atomic E-state index is 0.0393. The Bertz CT molecular complexity index is 1750. The van der Waals surface area contributed by atoms with Crippen molar-refractivity contribution in [1.29, 1.82) is 0 Å². The number of ether oxygens (including phenoxy) is 1. The van der Waals surface area contributed by atoms with Gasteiger partial charge in [-0.25, -0.2) is 13.8 Å². The zero-order valence-electron chi connectivity index (χ0n) is 23.3. The number of hydrogen-bond acceptors (Lipinski definition) is 6. The first-order valence-corrected chi connectivity index (χ1v) is 15.2. The van der Waals surface area contributed by atoms with Crippen LogP contribution in [0.3, 0.4) is 0 Å². The number of halogens is 2. The van der Waals surface area contributed by atoms with Crippen LogP contribution in [0.4, 0.5) is 11.4 Å². The number of anilines is 2. The number of hydrazone groups is 1. The molecule has 0 aliphatic carbocycles. The van der Waals surface area contributed by atoms with E-state index in [1.807, 2.05) is 6.92 Å². The van der Waals surface area contributed by atoms with Crippen LogP contribution in [0, 0.1) is 13.8 Å². The van der Waals surface area contributed by atoms with E-state index in [9.17, 15) is 18.0 Å². The highest BCUT2D eigenvalue weighted by atomic mass is 35.5. The van der Waals surface area contributed by atoms with Crippen LogP contribution in [-0.2, 0) is 19.6 Å². The number of aryl methyl sites for hydroxylation is 1. The van der Waals surface area contributed by atoms with Crippen LogP contribution in [0.15, 0.2) is 101 Å². The third kappa shape index (κ3) is 8.35. The molecule has 43 heavy (non-hydrogen) atoms. The Morgan fingerprint density at radius 2 is 1.53 bits per heavy atom. The van der Waals surface area contributed by atoms with Crippen molar-refractivity contribution >= 4 is 62.6 Å². The summed E-state index contributed by atoms with van der Waals surface area (Å²) in [5.41, 5.74) is 5.19. The van der Waals surface area contributed by atoms with Crippen molar-refractivity contribution in [1.82, 2.24) is 5.43 Å². The van der Waals surface area contributed by atoms with Gasteiger partial charge in [0.25, 0.3) is 21.8 Å². The molecule has 2 N–H and O–H groups in total. The topological polar surface area (TPSA) is 117 Å². The van der Waals surface area contributed by atoms with Gasteiger partial charge in [0.2, 0.25) is 0 Å². The summed E-state index contributed by atoms with van der Waals surface area (Å²) >= 11 is 12.3. The Hall–Kier alpha value is -4.38. The number of carbonyl (C=O) groups excluding carboxylic acids is 2. The molecular formula is C31H28Cl2N4O5S. The lowest BCUT2D eigenvalue weighted by atomic mass is 10.2. The second-order valence-electron chi connectivity index (χ2n) is 9.39. The molecule has 0 aromatic heterocycles. The Kier molecular flexibility index (Phi) is 10.4. The minimum Gasteiger partial charge on any atom is -0.484 e. The molecule has 0 fully saturated rings. The van der Waals surface area contributed by atoms with Crippen molar-refractivity contribution in [3.05, 3.63) is 118 Å². The number of para-hydroxylation sites is 1. The molecule has 0 heterocycles. The van der Waals surface area contributed by atoms with Gasteiger partial charge in [-0.3, -0.25) is 13.9 Å². The van der Waals surface area contributed by atoms with E-state index in [4.69, 9.17) is 27.9 Å². The number of amides is 2. The molecule has 0 atom stereocenters. The van der Waals surface area contributed by atoms with Crippen molar-refractivity contribution in [2.24, 2.45) is 5.10 Å². The van der Waals surface area contributed by atoms with Gasteiger partial charge < -0.3 is 10.1 Å². The van der Waals surface area contributed by atoms with Crippen LogP contribution in [0.1, 0.15) is 16.7 Å². The van der Waals surface area contributed by atoms with E-state index >= 15 is 0 Å². The molecule has 0 aliphatic rings. The number of sulfonamides is 1. The molecule has 222 valence electrons. The van der Waals surface area contributed by atoms with E-state index < -0.39 is 22.5 Å². The number of nitrogens with zero attached hydrogens (tertiary/aromatic N) is 2. The van der Waals surface area contributed by atoms with E-state index in [0.717, 1.165) is 9.87 Å². The van der Waals surface area contributed by atoms with Gasteiger partial charge in [-0.2, -0.15) is 5.10 Å². The molecule has 0 bridgehead atoms. The molecule has 9 nitrogen and oxygen atoms in total. The highest BCUT2D eigenvalue weighted by Crippen LogP contribution is 2.31. The van der Waals surface area contributed by atoms with Gasteiger partial charge in [-0.15, -0.1) is 0 Å². The maximum Gasteiger partial charge on any atom is 0.264 e. The summed E-state index contributed by atoms with van der Waals surface area (Å²) in [7, 11) is -4.11. The fourth-order valence-electron chi connectivity index (χ4n) is 3.90. The highest BCUT2D eigenvalue weighted by Gasteiger charge is 2.28. The first-order chi connectivity index (χ1) is 20.5. The number of benzene rings is 4. The smallest absolute Gasteiger partial charge is 0.264 e. The third-order valence-electron chi connectivity index (χ3n) is 6.20. The molecule has 0 radical (unpaired) electrons. The van der Waals surface area contributed by atoms with Crippen LogP contribution in [0.2, 0.25) is 10.0 Å². The molecule has 4 aromatic rings. The molecule has 2 amide bonds. The number of rotatable bonds is 11. The van der Waals surface area contributed by atoms with Crippen molar-refractivity contribution < 1.29 is 22.7 Å². The van der Waals surface area contributed by atoms with E-state index in [0.29, 0.717) is 32.6 Å². The normalized spacial score (nSPS) is 11.3. The van der Waals surface area contributed by atoms with Gasteiger partial charge in [0.1, 0.15) is 12.3 Å². The summed E-state index contributed by atoms with van der Waals surface area (Å²) in [4.78, 5) is 25.1. The zero-order chi connectivity index (χ0) is 31.0. The minimum atomic E-state index is -4.11. The highest BCUT2D eigenvalue weighted by molar-refractivity contribution is 7.92. The van der Waals surface area contributed by atoms with E-state index in [2.05, 4.69) is 15.8 Å². The molecule has 0 saturated heterocycles. The third-order valence-corrected chi connectivity index (χ3v) is 8.72. The largest absolute Gasteiger partial charge is 0.484 e. The van der Waals surface area contributed by atoms with Crippen molar-refractivity contribution in [3.63, 3.8) is 0 Å². The Morgan fingerprint density at radius 3 is 2.23 bits per heavy atom. The Labute approximate surface area is 260 Å². The van der Waals surface area contributed by atoms with Crippen LogP contribution >= 0.6 is 23.2 Å². The van der Waals surface area contributed by atoms with Crippen LogP contribution in [0.5, 0.6) is 5.75 Å². The van der Waals surface area contributed by atoms with E-state index in [-0.39, 0.29) is 23.1 Å². The van der Waals surface area contributed by atoms with Crippen LogP contribution < -0.4 is 19.8 Å². The SMILES string of the molecule is Cc1ccc(S(=O)(=O)N(CC(=O)N/N=C\c2ccc(OCC(=O)Nc3ccccc3Cl)cc2)c2cccc(Cl)c2C)cc1. The zero-order valence-corrected chi connectivity index (χ0v) is 25.6. The van der Waals surface area contributed by atoms with Gasteiger partial charge in [0.05, 0.1) is 27.5 Å². The second-order valence-corrected chi connectivity index (χ2v) is 12.1. The lowest BCUT2D eigenvalue weighted by molar-refractivity contribution is -0.119. The molecule has 4 rings (SSSR count). The predicted molar refractivity (Wildman–Crippen MR) is 170 cm³/mol. The van der Waals surface area contributed by atoms with Gasteiger partial charge in [0, 0.05) is 5.02 Å². The van der Waals surface area contributed by atoms with Gasteiger partial charge in [0.15, 0.2) is 6.61 Å². The molecule has 0 aliphatic heterocycles. The number of hydrogen-bond donors (Lipinski definition) is 2. The lowest BCUT2D eigenvalue weighted by Gasteiger charge is -2.25. The predicted octanol–water partition coefficient (Wildman–Crippen LogP) is 5.97. The number of carbonyl (C=O) groups is 2. The lowest BCUT2D eigenvalue weighted by Crippen LogP contribution is -2.40. The van der Waals surface area contributed by atoms with Gasteiger partial charge >= 0.3 is 0 Å². The van der Waals surface area contributed by atoms with E-state index in [1.165, 1.54) is 18.3 Å². The molecule has 0 saturated carbocycles. The summed E-state index contributed by atoms with van der Waals surface area (Å²) in [5.74, 6) is -0.576. The fourth-order valence-corrected chi connectivity index (χ4v) is 5.73. The van der Waals surface area contributed by atoms with Crippen LogP contribution in [-0.4, -0.2) is 39.6 Å². The maximum absolute atomic E-state index is 13.6. The first kappa shape index (κ1) is 31.6. The Balaban J connectivity index is 1.38. The van der Waals surface area contributed by atoms with Crippen molar-refractivity contribution in [3.8, 4) is 5.75 Å². The molecule has 0 unspecified atom stereocenters. The first-order valence-electron chi connectivity index (χ1n) is 13.0. The molecular weight excluding hydrogens is 611 g/mol. The van der Waals surface area contributed by atoms with Crippen molar-refractivity contribution in [2.75, 3.05) is 22.8 Å². The maximum atomic E-state index is 13.6. The van der Waals surface area contributed by atoms with Gasteiger partial charge in [-0.1, -0.05) is 59.1 Å². The summed E-state index contributed by atoms with van der Waals surface area (Å²) < 4.78 is 33.7. The standard InChI is InChI=1S/C31H28Cl2N4O5S/c1-21-10-16-25(17-11-21)43(40,41)37(29-9-5-7-26(32)22(29)2)19-30(38)36-34-18-23-12-14-24(15-13-23)42-20-31(39)35-28-8-4-3-6-27(28)33/h3-18H,19-20H2,1-2H3,(H,35,39)(H,36,38)/b34-18-. The van der Waals surface area contributed by atoms with E-state index in [1.54, 1.807) is 85.8 Å². The molecule has 12 heteroatoms. The average Bonchev–Trinajstić information content (AvgIpc) is 2.98. The second kappa shape index (κ2) is 14.2. The quantitative estimate of drug-likeness (QED) is 0.155. The fraction of sp³-hybridized carbons (Fsp3) is 0.129. The molecule has 4 aromatic carbocycles. The summed E-state index contributed by atoms with van der Waals surface area (Å²) in [5, 5.41) is 7.43. The summed E-state index contributed by atoms with van der Waals surface area (Å²) in [6.45, 7) is 2.79. The summed E-state index contributed by atoms with van der Waals surface area (Å²) in [6.07, 6.45) is 1.40. The Morgan fingerprint density at radius 1 is 0.860 bits per heavy atom. The molecule has 0 spiro atoms. The number of nitrogens with one attached hydrogen (secondary N) is 2. The summed E-state index contributed by atoms with van der Waals surface area (Å²) in [6, 6.07) is 24.7. The monoisotopic (exact) mass is 638 g/mol. The van der Waals surface area contributed by atoms with Gasteiger partial charge in [-0.05, 0) is 85.6 Å². The van der Waals surface area contributed by atoms with Crippen molar-refractivity contribution in [2.45, 2.75) is 18.7 Å².